The highest BCUT2D eigenvalue weighted by atomic mass is 16.4. The Labute approximate surface area is 79.0 Å². The van der Waals surface area contributed by atoms with E-state index in [1.807, 2.05) is 24.4 Å². The molecule has 68 valence electrons. The van der Waals surface area contributed by atoms with E-state index in [9.17, 15) is 4.79 Å². The predicted molar refractivity (Wildman–Crippen MR) is 54.3 cm³/mol. The summed E-state index contributed by atoms with van der Waals surface area (Å²) in [6, 6.07) is 8.97. The predicted octanol–water partition coefficient (Wildman–Crippen LogP) is 2.27. The molecule has 0 amide bonds. The fourth-order valence-corrected chi connectivity index (χ4v) is 1.62. The van der Waals surface area contributed by atoms with Crippen LogP contribution in [0.3, 0.4) is 0 Å². The van der Waals surface area contributed by atoms with E-state index >= 15 is 0 Å². The van der Waals surface area contributed by atoms with Crippen molar-refractivity contribution in [3.8, 4) is 0 Å². The number of fused-ring (bicyclic) bond motifs is 2. The summed E-state index contributed by atoms with van der Waals surface area (Å²) >= 11 is 0. The molecule has 0 spiro atoms. The molecule has 0 atom stereocenters. The van der Waals surface area contributed by atoms with Crippen molar-refractivity contribution in [1.82, 2.24) is 4.98 Å². The van der Waals surface area contributed by atoms with Crippen molar-refractivity contribution in [3.63, 3.8) is 0 Å². The summed E-state index contributed by atoms with van der Waals surface area (Å²) in [6.07, 6.45) is 1.86. The Hall–Kier alpha value is -2.03. The number of rotatable bonds is 0. The minimum absolute atomic E-state index is 0.313. The van der Waals surface area contributed by atoms with E-state index < -0.39 is 0 Å². The Kier molecular flexibility index (Phi) is 1.31. The van der Waals surface area contributed by atoms with E-state index in [0.717, 1.165) is 16.3 Å². The van der Waals surface area contributed by atoms with E-state index in [1.165, 1.54) is 6.07 Å². The minimum atomic E-state index is -0.313. The first kappa shape index (κ1) is 7.38. The van der Waals surface area contributed by atoms with E-state index in [1.54, 1.807) is 6.07 Å². The fraction of sp³-hybridized carbons (Fsp3) is 0. The Morgan fingerprint density at radius 2 is 2.00 bits per heavy atom. The zero-order chi connectivity index (χ0) is 9.54. The van der Waals surface area contributed by atoms with Crippen LogP contribution in [-0.2, 0) is 0 Å². The molecule has 2 heterocycles. The van der Waals surface area contributed by atoms with Gasteiger partial charge < -0.3 is 9.40 Å². The van der Waals surface area contributed by atoms with Crippen LogP contribution in [0, 0.1) is 0 Å². The lowest BCUT2D eigenvalue weighted by atomic mass is 10.2. The molecule has 0 aliphatic heterocycles. The average molecular weight is 185 g/mol. The first-order valence-corrected chi connectivity index (χ1v) is 4.34. The first-order chi connectivity index (χ1) is 6.83. The largest absolute Gasteiger partial charge is 0.423 e. The third kappa shape index (κ3) is 0.956. The number of nitrogens with one attached hydrogen (secondary N) is 1. The standard InChI is InChI=1S/C11H7NO2/c13-11-2-1-8-5-9-7(3-4-12-9)6-10(8)14-11/h1-6,12H. The van der Waals surface area contributed by atoms with Gasteiger partial charge in [-0.25, -0.2) is 4.79 Å². The molecule has 3 aromatic rings. The number of aromatic nitrogens is 1. The number of hydrogen-bond donors (Lipinski definition) is 1. The molecule has 3 heteroatoms. The van der Waals surface area contributed by atoms with E-state index in [-0.39, 0.29) is 5.63 Å². The van der Waals surface area contributed by atoms with Gasteiger partial charge in [0.1, 0.15) is 5.58 Å². The molecule has 3 nitrogen and oxygen atoms in total. The van der Waals surface area contributed by atoms with Crippen LogP contribution < -0.4 is 5.63 Å². The van der Waals surface area contributed by atoms with Gasteiger partial charge in [0.15, 0.2) is 0 Å². The van der Waals surface area contributed by atoms with Gasteiger partial charge in [0.25, 0.3) is 0 Å². The molecule has 1 N–H and O–H groups in total. The summed E-state index contributed by atoms with van der Waals surface area (Å²) in [4.78, 5) is 14.1. The number of H-pyrrole nitrogens is 1. The summed E-state index contributed by atoms with van der Waals surface area (Å²) in [7, 11) is 0. The summed E-state index contributed by atoms with van der Waals surface area (Å²) in [5.41, 5.74) is 1.36. The smallest absolute Gasteiger partial charge is 0.336 e. The molecule has 3 rings (SSSR count). The molecule has 1 aromatic carbocycles. The first-order valence-electron chi connectivity index (χ1n) is 4.34. The molecule has 0 unspecified atom stereocenters. The van der Waals surface area contributed by atoms with Crippen molar-refractivity contribution in [2.45, 2.75) is 0 Å². The second-order valence-corrected chi connectivity index (χ2v) is 3.21. The van der Waals surface area contributed by atoms with Crippen molar-refractivity contribution >= 4 is 21.9 Å². The van der Waals surface area contributed by atoms with Gasteiger partial charge in [-0.15, -0.1) is 0 Å². The average Bonchev–Trinajstić information content (AvgIpc) is 2.61. The summed E-state index contributed by atoms with van der Waals surface area (Å²) in [6.45, 7) is 0. The van der Waals surface area contributed by atoms with Gasteiger partial charge in [0.05, 0.1) is 0 Å². The second-order valence-electron chi connectivity index (χ2n) is 3.21. The Balaban J connectivity index is 2.56. The van der Waals surface area contributed by atoms with Crippen LogP contribution in [-0.4, -0.2) is 4.98 Å². The SMILES string of the molecule is O=c1ccc2cc3[nH]ccc3cc2o1. The maximum absolute atomic E-state index is 11.0. The van der Waals surface area contributed by atoms with Crippen LogP contribution >= 0.6 is 0 Å². The number of hydrogen-bond acceptors (Lipinski definition) is 2. The highest BCUT2D eigenvalue weighted by Gasteiger charge is 2.00. The Bertz CT molecular complexity index is 663. The lowest BCUT2D eigenvalue weighted by molar-refractivity contribution is 0.561. The van der Waals surface area contributed by atoms with E-state index in [0.29, 0.717) is 5.58 Å². The molecule has 14 heavy (non-hydrogen) atoms. The van der Waals surface area contributed by atoms with Crippen LogP contribution in [0.1, 0.15) is 0 Å². The lowest BCUT2D eigenvalue weighted by Gasteiger charge is -1.95. The van der Waals surface area contributed by atoms with Crippen LogP contribution in [0.15, 0.2) is 45.7 Å². The van der Waals surface area contributed by atoms with Gasteiger partial charge in [0.2, 0.25) is 0 Å². The van der Waals surface area contributed by atoms with Crippen molar-refractivity contribution in [2.75, 3.05) is 0 Å². The molecular formula is C11H7NO2. The van der Waals surface area contributed by atoms with Crippen molar-refractivity contribution in [2.24, 2.45) is 0 Å². The molecule has 0 aliphatic rings. The van der Waals surface area contributed by atoms with Crippen LogP contribution in [0.25, 0.3) is 21.9 Å². The van der Waals surface area contributed by atoms with Crippen molar-refractivity contribution in [1.29, 1.82) is 0 Å². The summed E-state index contributed by atoms with van der Waals surface area (Å²) in [5, 5.41) is 1.98. The molecule has 0 bridgehead atoms. The monoisotopic (exact) mass is 185 g/mol. The van der Waals surface area contributed by atoms with Gasteiger partial charge >= 0.3 is 5.63 Å². The zero-order valence-corrected chi connectivity index (χ0v) is 7.28. The Morgan fingerprint density at radius 3 is 2.93 bits per heavy atom. The summed E-state index contributed by atoms with van der Waals surface area (Å²) in [5.74, 6) is 0. The maximum atomic E-state index is 11.0. The quantitative estimate of drug-likeness (QED) is 0.546. The second kappa shape index (κ2) is 2.48. The topological polar surface area (TPSA) is 46.0 Å². The van der Waals surface area contributed by atoms with Crippen LogP contribution in [0.4, 0.5) is 0 Å². The van der Waals surface area contributed by atoms with E-state index in [2.05, 4.69) is 4.98 Å². The molecular weight excluding hydrogens is 178 g/mol. The maximum Gasteiger partial charge on any atom is 0.336 e. The fourth-order valence-electron chi connectivity index (χ4n) is 1.62. The molecule has 0 saturated carbocycles. The molecule has 2 aromatic heterocycles. The highest BCUT2D eigenvalue weighted by Crippen LogP contribution is 2.20. The number of aromatic amines is 1. The van der Waals surface area contributed by atoms with Gasteiger partial charge in [0, 0.05) is 28.6 Å². The van der Waals surface area contributed by atoms with Crippen LogP contribution in [0.5, 0.6) is 0 Å². The molecule has 0 fully saturated rings. The number of benzene rings is 1. The van der Waals surface area contributed by atoms with E-state index in [4.69, 9.17) is 4.42 Å². The van der Waals surface area contributed by atoms with Crippen molar-refractivity contribution in [3.05, 3.63) is 46.9 Å². The van der Waals surface area contributed by atoms with Gasteiger partial charge in [-0.1, -0.05) is 0 Å². The summed E-state index contributed by atoms with van der Waals surface area (Å²) < 4.78 is 5.07. The molecule has 0 aliphatic carbocycles. The molecule has 0 saturated heterocycles. The van der Waals surface area contributed by atoms with Crippen LogP contribution in [0.2, 0.25) is 0 Å². The minimum Gasteiger partial charge on any atom is -0.423 e. The third-order valence-electron chi connectivity index (χ3n) is 2.29. The lowest BCUT2D eigenvalue weighted by Crippen LogP contribution is -1.93. The normalized spacial score (nSPS) is 11.1. The highest BCUT2D eigenvalue weighted by molar-refractivity contribution is 5.93. The van der Waals surface area contributed by atoms with Gasteiger partial charge in [-0.05, 0) is 24.3 Å². The molecule has 0 radical (unpaired) electrons. The Morgan fingerprint density at radius 1 is 1.07 bits per heavy atom. The van der Waals surface area contributed by atoms with Crippen molar-refractivity contribution < 1.29 is 4.42 Å². The zero-order valence-electron chi connectivity index (χ0n) is 7.28. The third-order valence-corrected chi connectivity index (χ3v) is 2.29. The van der Waals surface area contributed by atoms with Gasteiger partial charge in [-0.3, -0.25) is 0 Å². The van der Waals surface area contributed by atoms with Gasteiger partial charge in [-0.2, -0.15) is 0 Å².